The lowest BCUT2D eigenvalue weighted by atomic mass is 9.97. The normalized spacial score (nSPS) is 18.2. The van der Waals surface area contributed by atoms with Crippen LogP contribution in [0, 0.1) is 6.92 Å². The van der Waals surface area contributed by atoms with Gasteiger partial charge in [-0.05, 0) is 59.5 Å². The summed E-state index contributed by atoms with van der Waals surface area (Å²) in [7, 11) is 1.69. The third kappa shape index (κ3) is 5.15. The maximum atomic E-state index is 12.5. The largest absolute Gasteiger partial charge is 0.573 e. The molecule has 1 aliphatic heterocycles. The predicted octanol–water partition coefficient (Wildman–Crippen LogP) is 2.27. The molecule has 2 heterocycles. The zero-order valence-electron chi connectivity index (χ0n) is 16.7. The fourth-order valence-corrected chi connectivity index (χ4v) is 3.63. The summed E-state index contributed by atoms with van der Waals surface area (Å²) in [5.41, 5.74) is 1.31. The Hall–Kier alpha value is -2.95. The van der Waals surface area contributed by atoms with Gasteiger partial charge in [0.05, 0.1) is 6.04 Å². The number of nitrogens with zero attached hydrogens (tertiary/aromatic N) is 5. The molecule has 162 valence electrons. The molecule has 1 fully saturated rings. The van der Waals surface area contributed by atoms with Crippen LogP contribution in [0.1, 0.15) is 35.8 Å². The van der Waals surface area contributed by atoms with Crippen molar-refractivity contribution in [2.45, 2.75) is 38.2 Å². The summed E-state index contributed by atoms with van der Waals surface area (Å²) in [6.45, 7) is 6.37. The second-order valence-corrected chi connectivity index (χ2v) is 7.15. The summed E-state index contributed by atoms with van der Waals surface area (Å²) in [6, 6.07) is 3.64. The van der Waals surface area contributed by atoms with E-state index in [2.05, 4.69) is 32.2 Å². The first kappa shape index (κ1) is 21.8. The zero-order valence-corrected chi connectivity index (χ0v) is 16.7. The van der Waals surface area contributed by atoms with Crippen LogP contribution in [0.15, 0.2) is 30.9 Å². The monoisotopic (exact) mass is 424 g/mol. The van der Waals surface area contributed by atoms with Gasteiger partial charge < -0.3 is 9.64 Å². The number of aromatic nitrogens is 4. The van der Waals surface area contributed by atoms with Crippen LogP contribution in [0.3, 0.4) is 0 Å². The maximum absolute atomic E-state index is 12.5. The Kier molecular flexibility index (Phi) is 6.40. The van der Waals surface area contributed by atoms with Crippen LogP contribution in [0.2, 0.25) is 0 Å². The lowest BCUT2D eigenvalue weighted by Gasteiger charge is -2.35. The molecule has 3 rings (SSSR count). The molecule has 2 aromatic rings. The number of aryl methyl sites for hydroxylation is 2. The highest BCUT2D eigenvalue weighted by Crippen LogP contribution is 2.30. The number of amides is 1. The number of rotatable bonds is 6. The number of tetrazole rings is 1. The summed E-state index contributed by atoms with van der Waals surface area (Å²) in [4.78, 5) is 13.7. The van der Waals surface area contributed by atoms with Crippen molar-refractivity contribution in [2.24, 2.45) is 7.05 Å². The highest BCUT2D eigenvalue weighted by molar-refractivity contribution is 5.87. The molecule has 1 aliphatic rings. The third-order valence-corrected chi connectivity index (χ3v) is 5.01. The van der Waals surface area contributed by atoms with Gasteiger partial charge in [-0.2, -0.15) is 0 Å². The number of hydrogen-bond donors (Lipinski definition) is 1. The first-order valence-corrected chi connectivity index (χ1v) is 9.44. The Bertz CT molecular complexity index is 914. The first-order chi connectivity index (χ1) is 14.2. The van der Waals surface area contributed by atoms with Gasteiger partial charge in [0.2, 0.25) is 5.91 Å². The zero-order chi connectivity index (χ0) is 21.9. The van der Waals surface area contributed by atoms with Gasteiger partial charge in [-0.25, -0.2) is 4.68 Å². The Labute approximate surface area is 171 Å². The topological polar surface area (TPSA) is 85.2 Å². The van der Waals surface area contributed by atoms with Crippen LogP contribution in [0.25, 0.3) is 0 Å². The number of benzene rings is 1. The Morgan fingerprint density at radius 2 is 2.20 bits per heavy atom. The molecule has 1 amide bonds. The summed E-state index contributed by atoms with van der Waals surface area (Å²) >= 11 is 0. The van der Waals surface area contributed by atoms with E-state index in [0.29, 0.717) is 24.5 Å². The Balaban J connectivity index is 1.88. The molecule has 8 nitrogen and oxygen atoms in total. The third-order valence-electron chi connectivity index (χ3n) is 5.01. The average Bonchev–Trinajstić information content (AvgIpc) is 3.10. The quantitative estimate of drug-likeness (QED) is 0.717. The van der Waals surface area contributed by atoms with Crippen molar-refractivity contribution >= 4 is 5.91 Å². The second kappa shape index (κ2) is 8.82. The van der Waals surface area contributed by atoms with Crippen molar-refractivity contribution in [3.8, 4) is 5.75 Å². The molecule has 11 heteroatoms. The van der Waals surface area contributed by atoms with E-state index in [9.17, 15) is 18.0 Å². The average molecular weight is 424 g/mol. The number of likely N-dealkylation sites (tertiary alicyclic amines) is 1. The summed E-state index contributed by atoms with van der Waals surface area (Å²) in [5, 5.41) is 15.1. The minimum Gasteiger partial charge on any atom is -0.406 e. The van der Waals surface area contributed by atoms with Crippen molar-refractivity contribution in [1.29, 1.82) is 0 Å². The van der Waals surface area contributed by atoms with Gasteiger partial charge in [0.25, 0.3) is 0 Å². The van der Waals surface area contributed by atoms with E-state index in [0.717, 1.165) is 18.4 Å². The standard InChI is InChI=1S/C19H23F3N6O2/c1-4-16(29)28-9-5-6-13(11-28)23-17(18-24-25-26-27(18)3)15-8-7-14(10-12(15)2)30-19(20,21)22/h4,7-8,10,13,17,23H,1,5-6,9,11H2,2-3H3. The number of hydrogen-bond acceptors (Lipinski definition) is 6. The molecule has 1 N–H and O–H groups in total. The van der Waals surface area contributed by atoms with Gasteiger partial charge in [0.15, 0.2) is 5.82 Å². The van der Waals surface area contributed by atoms with Crippen molar-refractivity contribution in [3.63, 3.8) is 0 Å². The molecule has 1 saturated heterocycles. The van der Waals surface area contributed by atoms with Crippen LogP contribution in [0.4, 0.5) is 13.2 Å². The van der Waals surface area contributed by atoms with Gasteiger partial charge in [-0.1, -0.05) is 12.6 Å². The smallest absolute Gasteiger partial charge is 0.406 e. The molecule has 1 aromatic carbocycles. The fourth-order valence-electron chi connectivity index (χ4n) is 3.63. The lowest BCUT2D eigenvalue weighted by molar-refractivity contribution is -0.274. The van der Waals surface area contributed by atoms with Crippen LogP contribution in [-0.2, 0) is 11.8 Å². The minimum atomic E-state index is -4.76. The Morgan fingerprint density at radius 1 is 1.43 bits per heavy atom. The van der Waals surface area contributed by atoms with E-state index in [1.807, 2.05) is 0 Å². The van der Waals surface area contributed by atoms with Crippen molar-refractivity contribution in [1.82, 2.24) is 30.4 Å². The molecule has 0 aliphatic carbocycles. The molecule has 2 unspecified atom stereocenters. The molecule has 30 heavy (non-hydrogen) atoms. The summed E-state index contributed by atoms with van der Waals surface area (Å²) < 4.78 is 43.2. The first-order valence-electron chi connectivity index (χ1n) is 9.44. The minimum absolute atomic E-state index is 0.0464. The molecular weight excluding hydrogens is 401 g/mol. The molecule has 0 saturated carbocycles. The Morgan fingerprint density at radius 3 is 2.80 bits per heavy atom. The molecule has 0 radical (unpaired) electrons. The van der Waals surface area contributed by atoms with Gasteiger partial charge >= 0.3 is 6.36 Å². The van der Waals surface area contributed by atoms with Crippen LogP contribution >= 0.6 is 0 Å². The van der Waals surface area contributed by atoms with E-state index >= 15 is 0 Å². The van der Waals surface area contributed by atoms with Crippen LogP contribution in [0.5, 0.6) is 5.75 Å². The molecule has 0 bridgehead atoms. The summed E-state index contributed by atoms with van der Waals surface area (Å²) in [6.07, 6.45) is -1.83. The second-order valence-electron chi connectivity index (χ2n) is 7.15. The van der Waals surface area contributed by atoms with E-state index in [1.165, 1.54) is 22.9 Å². The summed E-state index contributed by atoms with van der Waals surface area (Å²) in [5.74, 6) is 0.0805. The van der Waals surface area contributed by atoms with Gasteiger partial charge in [-0.3, -0.25) is 10.1 Å². The maximum Gasteiger partial charge on any atom is 0.573 e. The van der Waals surface area contributed by atoms with Gasteiger partial charge in [0, 0.05) is 26.2 Å². The fraction of sp³-hybridized carbons (Fsp3) is 0.474. The number of ether oxygens (including phenoxy) is 1. The number of alkyl halides is 3. The van der Waals surface area contributed by atoms with Crippen molar-refractivity contribution in [3.05, 3.63) is 47.8 Å². The number of halogens is 3. The van der Waals surface area contributed by atoms with E-state index in [-0.39, 0.29) is 17.7 Å². The number of nitrogens with one attached hydrogen (secondary N) is 1. The van der Waals surface area contributed by atoms with E-state index in [4.69, 9.17) is 0 Å². The molecule has 2 atom stereocenters. The van der Waals surface area contributed by atoms with Crippen LogP contribution < -0.4 is 10.1 Å². The van der Waals surface area contributed by atoms with Gasteiger partial charge in [-0.15, -0.1) is 18.3 Å². The number of carbonyl (C=O) groups is 1. The van der Waals surface area contributed by atoms with Crippen LogP contribution in [-0.4, -0.2) is 56.5 Å². The molecule has 1 aromatic heterocycles. The highest BCUT2D eigenvalue weighted by Gasteiger charge is 2.32. The van der Waals surface area contributed by atoms with E-state index < -0.39 is 12.4 Å². The molecule has 0 spiro atoms. The number of carbonyl (C=O) groups excluding carboxylic acids is 1. The lowest BCUT2D eigenvalue weighted by Crippen LogP contribution is -2.49. The SMILES string of the molecule is C=CC(=O)N1CCCC(NC(c2ccc(OC(F)(F)F)cc2C)c2nnnn2C)C1. The predicted molar refractivity (Wildman–Crippen MR) is 101 cm³/mol. The van der Waals surface area contributed by atoms with E-state index in [1.54, 1.807) is 24.9 Å². The molecular formula is C19H23F3N6O2. The van der Waals surface area contributed by atoms with Gasteiger partial charge in [0.1, 0.15) is 5.75 Å². The van der Waals surface area contributed by atoms with Crippen molar-refractivity contribution in [2.75, 3.05) is 13.1 Å². The highest BCUT2D eigenvalue weighted by atomic mass is 19.4. The number of piperidine rings is 1. The van der Waals surface area contributed by atoms with Crippen molar-refractivity contribution < 1.29 is 22.7 Å².